The van der Waals surface area contributed by atoms with Crippen LogP contribution in [0.25, 0.3) is 0 Å². The Morgan fingerprint density at radius 3 is 2.59 bits per heavy atom. The molecule has 1 aliphatic heterocycles. The number of hydrogen-bond acceptors (Lipinski definition) is 3. The van der Waals surface area contributed by atoms with Crippen LogP contribution in [0, 0.1) is 11.8 Å². The summed E-state index contributed by atoms with van der Waals surface area (Å²) in [5, 5.41) is 6.20. The van der Waals surface area contributed by atoms with Gasteiger partial charge in [-0.1, -0.05) is 0 Å². The van der Waals surface area contributed by atoms with Crippen molar-refractivity contribution in [1.29, 1.82) is 0 Å². The minimum atomic E-state index is -0.238. The number of nitrogens with zero attached hydrogens (tertiary/aromatic N) is 2. The van der Waals surface area contributed by atoms with E-state index in [0.29, 0.717) is 25.4 Å². The third kappa shape index (κ3) is 5.20. The number of piperidine rings is 1. The number of amides is 2. The highest BCUT2D eigenvalue weighted by molar-refractivity contribution is 5.81. The molecule has 1 saturated carbocycles. The van der Waals surface area contributed by atoms with Crippen LogP contribution in [-0.2, 0) is 9.59 Å². The number of guanidine groups is 1. The molecule has 0 aromatic rings. The van der Waals surface area contributed by atoms with E-state index in [1.54, 1.807) is 7.05 Å². The molecule has 7 heteroatoms. The Labute approximate surface area is 131 Å². The number of aliphatic imine (C=N–C) groups is 1. The third-order valence-electron chi connectivity index (χ3n) is 4.18. The lowest BCUT2D eigenvalue weighted by Gasteiger charge is -2.34. The minimum absolute atomic E-state index is 0.163. The topological polar surface area (TPSA) is 99.8 Å². The van der Waals surface area contributed by atoms with E-state index in [1.807, 2.05) is 0 Å². The number of carbonyl (C=O) groups excluding carboxylic acids is 2. The maximum atomic E-state index is 11.5. The number of rotatable bonds is 6. The predicted octanol–water partition coefficient (Wildman–Crippen LogP) is -0.325. The molecule has 1 saturated heterocycles. The fraction of sp³-hybridized carbons (Fsp3) is 0.800. The van der Waals surface area contributed by atoms with Gasteiger partial charge in [-0.3, -0.25) is 14.6 Å². The van der Waals surface area contributed by atoms with Crippen LogP contribution in [0.1, 0.15) is 32.1 Å². The van der Waals surface area contributed by atoms with Crippen molar-refractivity contribution in [3.8, 4) is 0 Å². The molecule has 1 heterocycles. The molecule has 2 fully saturated rings. The van der Waals surface area contributed by atoms with Crippen LogP contribution < -0.4 is 16.4 Å². The molecule has 0 aromatic heterocycles. The Morgan fingerprint density at radius 2 is 1.95 bits per heavy atom. The highest BCUT2D eigenvalue weighted by Gasteiger charge is 2.29. The van der Waals surface area contributed by atoms with E-state index >= 15 is 0 Å². The van der Waals surface area contributed by atoms with E-state index in [1.165, 1.54) is 0 Å². The highest BCUT2D eigenvalue weighted by atomic mass is 16.2. The summed E-state index contributed by atoms with van der Waals surface area (Å²) in [5.41, 5.74) is 5.29. The zero-order valence-electron chi connectivity index (χ0n) is 13.3. The number of primary amides is 1. The van der Waals surface area contributed by atoms with Gasteiger partial charge in [0.15, 0.2) is 5.96 Å². The van der Waals surface area contributed by atoms with Crippen LogP contribution in [0.4, 0.5) is 0 Å². The van der Waals surface area contributed by atoms with Gasteiger partial charge in [0.25, 0.3) is 0 Å². The van der Waals surface area contributed by atoms with Crippen molar-refractivity contribution in [1.82, 2.24) is 15.5 Å². The molecule has 22 heavy (non-hydrogen) atoms. The molecule has 0 bridgehead atoms. The monoisotopic (exact) mass is 309 g/mol. The van der Waals surface area contributed by atoms with E-state index in [4.69, 9.17) is 5.73 Å². The molecule has 1 aliphatic carbocycles. The summed E-state index contributed by atoms with van der Waals surface area (Å²) < 4.78 is 0. The second-order valence-electron chi connectivity index (χ2n) is 6.16. The average molecular weight is 309 g/mol. The molecule has 4 N–H and O–H groups in total. The van der Waals surface area contributed by atoms with Crippen molar-refractivity contribution in [2.24, 2.45) is 22.6 Å². The number of likely N-dealkylation sites (tertiary alicyclic amines) is 1. The van der Waals surface area contributed by atoms with Crippen molar-refractivity contribution in [2.45, 2.75) is 32.1 Å². The second-order valence-corrected chi connectivity index (χ2v) is 6.16. The number of carbonyl (C=O) groups is 2. The zero-order valence-corrected chi connectivity index (χ0v) is 13.3. The molecule has 1 unspecified atom stereocenters. The SMILES string of the molecule is CN=C(NCCNC(=O)C1CC1)N1CCCC(CC(N)=O)C1. The Bertz CT molecular complexity index is 434. The first kappa shape index (κ1) is 16.6. The molecule has 7 nitrogen and oxygen atoms in total. The maximum Gasteiger partial charge on any atom is 0.223 e. The smallest absolute Gasteiger partial charge is 0.223 e. The first-order chi connectivity index (χ1) is 10.6. The molecule has 2 rings (SSSR count). The van der Waals surface area contributed by atoms with Gasteiger partial charge in [-0.15, -0.1) is 0 Å². The number of hydrogen-bond donors (Lipinski definition) is 3. The van der Waals surface area contributed by atoms with E-state index < -0.39 is 0 Å². The molecular formula is C15H27N5O2. The van der Waals surface area contributed by atoms with Gasteiger partial charge in [-0.2, -0.15) is 0 Å². The summed E-state index contributed by atoms with van der Waals surface area (Å²) >= 11 is 0. The number of nitrogens with one attached hydrogen (secondary N) is 2. The summed E-state index contributed by atoms with van der Waals surface area (Å²) in [7, 11) is 1.75. The summed E-state index contributed by atoms with van der Waals surface area (Å²) in [6.07, 6.45) is 4.56. The lowest BCUT2D eigenvalue weighted by atomic mass is 9.95. The molecule has 2 aliphatic rings. The van der Waals surface area contributed by atoms with Gasteiger partial charge in [0.05, 0.1) is 0 Å². The maximum absolute atomic E-state index is 11.5. The third-order valence-corrected chi connectivity index (χ3v) is 4.18. The van der Waals surface area contributed by atoms with Crippen LogP contribution in [0.2, 0.25) is 0 Å². The second kappa shape index (κ2) is 8.00. The van der Waals surface area contributed by atoms with Gasteiger partial charge >= 0.3 is 0 Å². The van der Waals surface area contributed by atoms with Gasteiger partial charge in [-0.05, 0) is 31.6 Å². The molecule has 1 atom stereocenters. The normalized spacial score (nSPS) is 22.3. The Morgan fingerprint density at radius 1 is 1.23 bits per heavy atom. The van der Waals surface area contributed by atoms with E-state index in [9.17, 15) is 9.59 Å². The first-order valence-corrected chi connectivity index (χ1v) is 8.11. The summed E-state index contributed by atoms with van der Waals surface area (Å²) in [6, 6.07) is 0. The van der Waals surface area contributed by atoms with E-state index in [-0.39, 0.29) is 17.7 Å². The molecule has 0 spiro atoms. The van der Waals surface area contributed by atoms with Gasteiger partial charge < -0.3 is 21.3 Å². The molecule has 0 aromatic carbocycles. The van der Waals surface area contributed by atoms with Crippen molar-refractivity contribution in [2.75, 3.05) is 33.2 Å². The van der Waals surface area contributed by atoms with Gasteiger partial charge in [0.2, 0.25) is 11.8 Å². The van der Waals surface area contributed by atoms with Crippen molar-refractivity contribution in [3.05, 3.63) is 0 Å². The summed E-state index contributed by atoms with van der Waals surface area (Å²) in [6.45, 7) is 3.00. The molecule has 124 valence electrons. The highest BCUT2D eigenvalue weighted by Crippen LogP contribution is 2.28. The quantitative estimate of drug-likeness (QED) is 0.355. The van der Waals surface area contributed by atoms with Gasteiger partial charge in [0, 0.05) is 45.6 Å². The lowest BCUT2D eigenvalue weighted by Crippen LogP contribution is -2.48. The number of nitrogens with two attached hydrogens (primary N) is 1. The summed E-state index contributed by atoms with van der Waals surface area (Å²) in [4.78, 5) is 29.1. The Balaban J connectivity index is 1.70. The van der Waals surface area contributed by atoms with Crippen LogP contribution >= 0.6 is 0 Å². The Kier molecular flexibility index (Phi) is 6.03. The minimum Gasteiger partial charge on any atom is -0.370 e. The van der Waals surface area contributed by atoms with Crippen molar-refractivity contribution in [3.63, 3.8) is 0 Å². The van der Waals surface area contributed by atoms with Gasteiger partial charge in [0.1, 0.15) is 0 Å². The van der Waals surface area contributed by atoms with E-state index in [0.717, 1.165) is 44.7 Å². The fourth-order valence-corrected chi connectivity index (χ4v) is 2.89. The van der Waals surface area contributed by atoms with Crippen LogP contribution in [0.5, 0.6) is 0 Å². The molecule has 0 radical (unpaired) electrons. The van der Waals surface area contributed by atoms with Crippen molar-refractivity contribution < 1.29 is 9.59 Å². The van der Waals surface area contributed by atoms with E-state index in [2.05, 4.69) is 20.5 Å². The first-order valence-electron chi connectivity index (χ1n) is 8.11. The molecular weight excluding hydrogens is 282 g/mol. The standard InChI is InChI=1S/C15H27N5O2/c1-17-15(19-7-6-18-14(22)12-4-5-12)20-8-2-3-11(10-20)9-13(16)21/h11-12H,2-10H2,1H3,(H2,16,21)(H,17,19)(H,18,22). The zero-order chi connectivity index (χ0) is 15.9. The van der Waals surface area contributed by atoms with Crippen LogP contribution in [0.15, 0.2) is 4.99 Å². The summed E-state index contributed by atoms with van der Waals surface area (Å²) in [5.74, 6) is 1.30. The molecule has 2 amide bonds. The van der Waals surface area contributed by atoms with Crippen LogP contribution in [0.3, 0.4) is 0 Å². The van der Waals surface area contributed by atoms with Gasteiger partial charge in [-0.25, -0.2) is 0 Å². The Hall–Kier alpha value is -1.79. The van der Waals surface area contributed by atoms with Crippen molar-refractivity contribution >= 4 is 17.8 Å². The predicted molar refractivity (Wildman–Crippen MR) is 85.2 cm³/mol. The van der Waals surface area contributed by atoms with Crippen LogP contribution in [-0.4, -0.2) is 55.9 Å². The lowest BCUT2D eigenvalue weighted by molar-refractivity contribution is -0.122. The largest absolute Gasteiger partial charge is 0.370 e. The average Bonchev–Trinajstić information content (AvgIpc) is 3.31. The fourth-order valence-electron chi connectivity index (χ4n) is 2.89.